The van der Waals surface area contributed by atoms with Gasteiger partial charge < -0.3 is 24.7 Å². The van der Waals surface area contributed by atoms with Gasteiger partial charge in [-0.2, -0.15) is 0 Å². The fourth-order valence-electron chi connectivity index (χ4n) is 2.58. The summed E-state index contributed by atoms with van der Waals surface area (Å²) in [7, 11) is 3.96. The highest BCUT2D eigenvalue weighted by Gasteiger charge is 2.28. The maximum absolute atomic E-state index is 12.2. The molecule has 0 bridgehead atoms. The Morgan fingerprint density at radius 2 is 1.71 bits per heavy atom. The maximum Gasteiger partial charge on any atom is 0.348 e. The van der Waals surface area contributed by atoms with E-state index in [1.807, 2.05) is 18.2 Å². The zero-order valence-electron chi connectivity index (χ0n) is 15.8. The largest absolute Gasteiger partial charge is 0.496 e. The van der Waals surface area contributed by atoms with Crippen LogP contribution in [0.4, 0.5) is 5.00 Å². The Morgan fingerprint density at radius 1 is 1.04 bits per heavy atom. The summed E-state index contributed by atoms with van der Waals surface area (Å²) in [5.74, 6) is -1.21. The van der Waals surface area contributed by atoms with E-state index in [1.165, 1.54) is 14.2 Å². The van der Waals surface area contributed by atoms with Crippen LogP contribution in [0.25, 0.3) is 0 Å². The molecule has 0 saturated heterocycles. The molecule has 0 fully saturated rings. The number of rotatable bonds is 8. The fraction of sp³-hybridized carbons (Fsp3) is 0.316. The number of esters is 3. The highest BCUT2D eigenvalue weighted by Crippen LogP contribution is 2.33. The van der Waals surface area contributed by atoms with E-state index in [0.717, 1.165) is 16.9 Å². The Hall–Kier alpha value is -3.07. The summed E-state index contributed by atoms with van der Waals surface area (Å²) in [6.45, 7) is -0.298. The highest BCUT2D eigenvalue weighted by atomic mass is 32.1. The van der Waals surface area contributed by atoms with Gasteiger partial charge in [-0.1, -0.05) is 18.2 Å². The number of carbonyl (C=O) groups is 3. The van der Waals surface area contributed by atoms with Gasteiger partial charge in [0.1, 0.15) is 27.8 Å². The van der Waals surface area contributed by atoms with Crippen LogP contribution in [0.5, 0.6) is 5.75 Å². The number of thiophene rings is 1. The van der Waals surface area contributed by atoms with Crippen LogP contribution in [0.15, 0.2) is 24.3 Å². The van der Waals surface area contributed by atoms with Crippen molar-refractivity contribution in [3.63, 3.8) is 0 Å². The molecule has 28 heavy (non-hydrogen) atoms. The van der Waals surface area contributed by atoms with Crippen molar-refractivity contribution in [1.29, 1.82) is 0 Å². The molecule has 0 radical (unpaired) electrons. The number of hydrogen-bond donors (Lipinski definition) is 1. The van der Waals surface area contributed by atoms with E-state index in [0.29, 0.717) is 12.2 Å². The molecular weight excluding hydrogens is 386 g/mol. The van der Waals surface area contributed by atoms with Crippen molar-refractivity contribution in [2.24, 2.45) is 0 Å². The molecule has 0 atom stereocenters. The van der Waals surface area contributed by atoms with Crippen molar-refractivity contribution in [2.75, 3.05) is 27.1 Å². The lowest BCUT2D eigenvalue weighted by atomic mass is 10.1. The van der Waals surface area contributed by atoms with Crippen LogP contribution >= 0.6 is 11.3 Å². The number of nitrogens with two attached hydrogens (primary N) is 1. The molecule has 0 aliphatic carbocycles. The van der Waals surface area contributed by atoms with E-state index in [-0.39, 0.29) is 34.0 Å². The predicted octanol–water partition coefficient (Wildman–Crippen LogP) is 2.59. The van der Waals surface area contributed by atoms with Gasteiger partial charge in [-0.15, -0.1) is 11.3 Å². The molecule has 0 amide bonds. The zero-order chi connectivity index (χ0) is 20.7. The third-order valence-electron chi connectivity index (χ3n) is 3.96. The van der Waals surface area contributed by atoms with Gasteiger partial charge in [0, 0.05) is 12.0 Å². The standard InChI is InChI=1S/C19H21NO7S/c1-24-13-7-5-4-6-11(13)8-9-14(21)27-10-12-15(18(22)25-2)17(20)28-16(12)19(23)26-3/h4-7H,8-10,20H2,1-3H3. The van der Waals surface area contributed by atoms with Crippen molar-refractivity contribution in [1.82, 2.24) is 0 Å². The fourth-order valence-corrected chi connectivity index (χ4v) is 3.56. The van der Waals surface area contributed by atoms with Gasteiger partial charge >= 0.3 is 17.9 Å². The zero-order valence-corrected chi connectivity index (χ0v) is 16.6. The SMILES string of the molecule is COC(=O)c1sc(N)c(C(=O)OC)c1COC(=O)CCc1ccccc1OC. The topological polar surface area (TPSA) is 114 Å². The molecule has 1 aromatic heterocycles. The summed E-state index contributed by atoms with van der Waals surface area (Å²) in [5, 5.41) is 0.0901. The Bertz CT molecular complexity index is 875. The number of benzene rings is 1. The van der Waals surface area contributed by atoms with Crippen molar-refractivity contribution >= 4 is 34.2 Å². The molecule has 0 spiro atoms. The molecule has 0 aliphatic rings. The van der Waals surface area contributed by atoms with E-state index >= 15 is 0 Å². The van der Waals surface area contributed by atoms with E-state index in [4.69, 9.17) is 24.7 Å². The van der Waals surface area contributed by atoms with Gasteiger partial charge in [0.15, 0.2) is 0 Å². The van der Waals surface area contributed by atoms with E-state index < -0.39 is 17.9 Å². The Balaban J connectivity index is 2.11. The van der Waals surface area contributed by atoms with Gasteiger partial charge in [0.25, 0.3) is 0 Å². The number of methoxy groups -OCH3 is 3. The average Bonchev–Trinajstić information content (AvgIpc) is 3.05. The third-order valence-corrected chi connectivity index (χ3v) is 5.00. The predicted molar refractivity (Wildman–Crippen MR) is 103 cm³/mol. The molecule has 0 saturated carbocycles. The van der Waals surface area contributed by atoms with Crippen LogP contribution in [0.1, 0.15) is 37.6 Å². The highest BCUT2D eigenvalue weighted by molar-refractivity contribution is 7.18. The lowest BCUT2D eigenvalue weighted by molar-refractivity contribution is -0.144. The first kappa shape index (κ1) is 21.2. The molecule has 0 aliphatic heterocycles. The Morgan fingerprint density at radius 3 is 2.36 bits per heavy atom. The summed E-state index contributed by atoms with van der Waals surface area (Å²) < 4.78 is 19.9. The van der Waals surface area contributed by atoms with Gasteiger partial charge in [-0.25, -0.2) is 9.59 Å². The minimum Gasteiger partial charge on any atom is -0.496 e. The van der Waals surface area contributed by atoms with E-state index in [9.17, 15) is 14.4 Å². The molecule has 2 N–H and O–H groups in total. The number of hydrogen-bond acceptors (Lipinski definition) is 9. The summed E-state index contributed by atoms with van der Waals surface area (Å²) in [6.07, 6.45) is 0.517. The van der Waals surface area contributed by atoms with Gasteiger partial charge in [-0.05, 0) is 18.1 Å². The van der Waals surface area contributed by atoms with Crippen molar-refractivity contribution in [3.8, 4) is 5.75 Å². The summed E-state index contributed by atoms with van der Waals surface area (Å²) >= 11 is 0.879. The van der Waals surface area contributed by atoms with Crippen LogP contribution in [0.2, 0.25) is 0 Å². The second-order valence-corrected chi connectivity index (χ2v) is 6.66. The molecule has 2 aromatic rings. The van der Waals surface area contributed by atoms with Crippen LogP contribution < -0.4 is 10.5 Å². The lowest BCUT2D eigenvalue weighted by Gasteiger charge is -2.09. The summed E-state index contributed by atoms with van der Waals surface area (Å²) in [6, 6.07) is 7.35. The Kier molecular flexibility index (Phi) is 7.39. The first-order chi connectivity index (χ1) is 13.4. The quantitative estimate of drug-likeness (QED) is 0.525. The van der Waals surface area contributed by atoms with Crippen LogP contribution in [0.3, 0.4) is 0 Å². The monoisotopic (exact) mass is 407 g/mol. The minimum absolute atomic E-state index is 0.00503. The van der Waals surface area contributed by atoms with Crippen LogP contribution in [0, 0.1) is 0 Å². The normalized spacial score (nSPS) is 10.2. The molecule has 1 heterocycles. The van der Waals surface area contributed by atoms with Crippen LogP contribution in [-0.4, -0.2) is 39.2 Å². The second kappa shape index (κ2) is 9.75. The molecule has 0 unspecified atom stereocenters. The van der Waals surface area contributed by atoms with Gasteiger partial charge in [-0.3, -0.25) is 4.79 Å². The number of para-hydroxylation sites is 1. The molecule has 150 valence electrons. The van der Waals surface area contributed by atoms with Crippen LogP contribution in [-0.2, 0) is 32.0 Å². The minimum atomic E-state index is -0.719. The molecular formula is C19H21NO7S. The maximum atomic E-state index is 12.2. The number of aryl methyl sites for hydroxylation is 1. The number of nitrogen functional groups attached to an aromatic ring is 1. The molecule has 8 nitrogen and oxygen atoms in total. The summed E-state index contributed by atoms with van der Waals surface area (Å²) in [5.41, 5.74) is 6.89. The smallest absolute Gasteiger partial charge is 0.348 e. The lowest BCUT2D eigenvalue weighted by Crippen LogP contribution is -2.13. The Labute approximate surface area is 166 Å². The number of ether oxygens (including phenoxy) is 4. The van der Waals surface area contributed by atoms with Crippen molar-refractivity contribution < 1.29 is 33.3 Å². The van der Waals surface area contributed by atoms with Crippen molar-refractivity contribution in [3.05, 3.63) is 45.8 Å². The first-order valence-corrected chi connectivity index (χ1v) is 9.09. The third kappa shape index (κ3) is 4.80. The van der Waals surface area contributed by atoms with Gasteiger partial charge in [0.2, 0.25) is 0 Å². The molecule has 2 rings (SSSR count). The number of carbonyl (C=O) groups excluding carboxylic acids is 3. The second-order valence-electron chi connectivity index (χ2n) is 5.60. The first-order valence-electron chi connectivity index (χ1n) is 8.28. The number of anilines is 1. The van der Waals surface area contributed by atoms with E-state index in [2.05, 4.69) is 0 Å². The molecule has 1 aromatic carbocycles. The summed E-state index contributed by atoms with van der Waals surface area (Å²) in [4.78, 5) is 36.2. The van der Waals surface area contributed by atoms with Gasteiger partial charge in [0.05, 0.1) is 21.3 Å². The van der Waals surface area contributed by atoms with E-state index in [1.54, 1.807) is 13.2 Å². The average molecular weight is 407 g/mol. The van der Waals surface area contributed by atoms with Crippen molar-refractivity contribution in [2.45, 2.75) is 19.4 Å². The molecule has 9 heteroatoms.